The molecule has 0 bridgehead atoms. The number of hydrogen-bond acceptors (Lipinski definition) is 2. The summed E-state index contributed by atoms with van der Waals surface area (Å²) in [4.78, 5) is 25.0. The molecule has 1 atom stereocenters. The summed E-state index contributed by atoms with van der Waals surface area (Å²) < 4.78 is 14.7. The Balaban J connectivity index is 1.55. The number of carboxylic acid groups (broad SMARTS) is 1. The van der Waals surface area contributed by atoms with Crippen LogP contribution in [0, 0.1) is 17.2 Å². The fourth-order valence-electron chi connectivity index (χ4n) is 5.09. The first kappa shape index (κ1) is 21.8. The summed E-state index contributed by atoms with van der Waals surface area (Å²) in [6.45, 7) is 0. The fourth-order valence-corrected chi connectivity index (χ4v) is 5.25. The molecule has 2 fully saturated rings. The van der Waals surface area contributed by atoms with Crippen molar-refractivity contribution in [2.45, 2.75) is 57.3 Å². The lowest BCUT2D eigenvalue weighted by Crippen LogP contribution is -2.39. The van der Waals surface area contributed by atoms with E-state index in [4.69, 9.17) is 11.6 Å². The Hall–Kier alpha value is -2.40. The van der Waals surface area contributed by atoms with Crippen LogP contribution in [-0.4, -0.2) is 17.0 Å². The van der Waals surface area contributed by atoms with Crippen LogP contribution in [0.5, 0.6) is 0 Å². The molecule has 164 valence electrons. The number of carbonyl (C=O) groups is 2. The summed E-state index contributed by atoms with van der Waals surface area (Å²) in [5, 5.41) is 12.9. The van der Waals surface area contributed by atoms with Crippen LogP contribution in [0.1, 0.15) is 62.0 Å². The second-order valence-corrected chi connectivity index (χ2v) is 9.43. The molecular formula is C25H27ClFNO3. The largest absolute Gasteiger partial charge is 0.481 e. The summed E-state index contributed by atoms with van der Waals surface area (Å²) in [6.07, 6.45) is 6.59. The van der Waals surface area contributed by atoms with Crippen LogP contribution in [0.2, 0.25) is 5.02 Å². The van der Waals surface area contributed by atoms with Crippen molar-refractivity contribution >= 4 is 29.2 Å². The molecule has 0 heterocycles. The maximum Gasteiger partial charge on any atom is 0.309 e. The van der Waals surface area contributed by atoms with Gasteiger partial charge in [-0.25, -0.2) is 4.39 Å². The molecule has 1 unspecified atom stereocenters. The highest BCUT2D eigenvalue weighted by atomic mass is 35.5. The van der Waals surface area contributed by atoms with E-state index in [0.717, 1.165) is 37.7 Å². The van der Waals surface area contributed by atoms with Gasteiger partial charge >= 0.3 is 5.97 Å². The normalized spacial score (nSPS) is 18.9. The van der Waals surface area contributed by atoms with E-state index < -0.39 is 23.1 Å². The van der Waals surface area contributed by atoms with Gasteiger partial charge in [0.25, 0.3) is 0 Å². The van der Waals surface area contributed by atoms with E-state index in [0.29, 0.717) is 35.5 Å². The highest BCUT2D eigenvalue weighted by Gasteiger charge is 2.44. The van der Waals surface area contributed by atoms with Gasteiger partial charge in [-0.2, -0.15) is 0 Å². The topological polar surface area (TPSA) is 66.4 Å². The number of amides is 1. The number of benzene rings is 2. The van der Waals surface area contributed by atoms with E-state index in [-0.39, 0.29) is 11.8 Å². The smallest absolute Gasteiger partial charge is 0.309 e. The minimum atomic E-state index is -0.757. The number of halogens is 2. The Bertz CT molecular complexity index is 982. The molecule has 2 N–H and O–H groups in total. The Morgan fingerprint density at radius 3 is 2.48 bits per heavy atom. The Morgan fingerprint density at radius 2 is 1.87 bits per heavy atom. The molecular weight excluding hydrogens is 417 g/mol. The Kier molecular flexibility index (Phi) is 6.33. The van der Waals surface area contributed by atoms with Gasteiger partial charge in [-0.1, -0.05) is 49.1 Å². The summed E-state index contributed by atoms with van der Waals surface area (Å²) in [6, 6.07) is 11.9. The summed E-state index contributed by atoms with van der Waals surface area (Å²) in [7, 11) is 0. The van der Waals surface area contributed by atoms with E-state index >= 15 is 0 Å². The average Bonchev–Trinajstić information content (AvgIpc) is 3.21. The van der Waals surface area contributed by atoms with E-state index in [1.807, 2.05) is 18.2 Å². The van der Waals surface area contributed by atoms with Crippen LogP contribution >= 0.6 is 11.6 Å². The second-order valence-electron chi connectivity index (χ2n) is 8.99. The van der Waals surface area contributed by atoms with Gasteiger partial charge in [-0.05, 0) is 67.9 Å². The summed E-state index contributed by atoms with van der Waals surface area (Å²) in [5.74, 6) is -1.94. The van der Waals surface area contributed by atoms with Crippen molar-refractivity contribution in [1.82, 2.24) is 0 Å². The van der Waals surface area contributed by atoms with Crippen molar-refractivity contribution in [3.8, 4) is 0 Å². The van der Waals surface area contributed by atoms with E-state index in [2.05, 4.69) is 5.32 Å². The van der Waals surface area contributed by atoms with E-state index in [9.17, 15) is 19.1 Å². The predicted octanol–water partition coefficient (Wildman–Crippen LogP) is 6.19. The lowest BCUT2D eigenvalue weighted by molar-refractivity contribution is -0.154. The molecule has 2 aromatic rings. The summed E-state index contributed by atoms with van der Waals surface area (Å²) in [5.41, 5.74) is 1.18. The average molecular weight is 444 g/mol. The highest BCUT2D eigenvalue weighted by Crippen LogP contribution is 2.44. The van der Waals surface area contributed by atoms with Crippen molar-refractivity contribution < 1.29 is 19.1 Å². The second kappa shape index (κ2) is 8.99. The van der Waals surface area contributed by atoms with Gasteiger partial charge in [0, 0.05) is 16.3 Å². The van der Waals surface area contributed by atoms with E-state index in [1.165, 1.54) is 6.07 Å². The number of hydrogen-bond donors (Lipinski definition) is 2. The van der Waals surface area contributed by atoms with Crippen LogP contribution < -0.4 is 5.32 Å². The number of nitrogens with one attached hydrogen (secondary N) is 1. The van der Waals surface area contributed by atoms with Crippen molar-refractivity contribution in [2.75, 3.05) is 5.32 Å². The molecule has 2 saturated carbocycles. The van der Waals surface area contributed by atoms with Crippen molar-refractivity contribution in [2.24, 2.45) is 11.3 Å². The number of carboxylic acids is 1. The Labute approximate surface area is 186 Å². The lowest BCUT2D eigenvalue weighted by atomic mass is 9.65. The van der Waals surface area contributed by atoms with Crippen molar-refractivity contribution in [3.05, 3.63) is 64.4 Å². The van der Waals surface area contributed by atoms with Gasteiger partial charge in [0.1, 0.15) is 5.82 Å². The number of anilines is 1. The molecule has 0 aliphatic heterocycles. The number of carbonyl (C=O) groups excluding carboxylic acids is 1. The van der Waals surface area contributed by atoms with Gasteiger partial charge in [0.2, 0.25) is 5.91 Å². The molecule has 31 heavy (non-hydrogen) atoms. The van der Waals surface area contributed by atoms with Crippen LogP contribution in [0.25, 0.3) is 0 Å². The first-order valence-corrected chi connectivity index (χ1v) is 11.3. The van der Waals surface area contributed by atoms with Gasteiger partial charge in [0.15, 0.2) is 0 Å². The molecule has 2 aliphatic carbocycles. The number of aliphatic carboxylic acids is 1. The quantitative estimate of drug-likeness (QED) is 0.536. The van der Waals surface area contributed by atoms with Crippen LogP contribution in [0.4, 0.5) is 10.1 Å². The molecule has 4 rings (SSSR count). The standard InChI is InChI=1S/C25H27ClFNO3/c26-18-9-10-20(21(27)14-18)22(17-6-1-2-7-17)23(29)28-19-8-3-5-16(13-19)15-25(24(30)31)11-4-12-25/h3,5,8-10,13-14,17,22H,1-2,4,6-7,11-12,15H2,(H,28,29)(H,30,31). The van der Waals surface area contributed by atoms with Crippen LogP contribution in [0.3, 0.4) is 0 Å². The summed E-state index contributed by atoms with van der Waals surface area (Å²) >= 11 is 5.92. The SMILES string of the molecule is O=C(Nc1cccc(CC2(C(=O)O)CCC2)c1)C(c1ccc(Cl)cc1F)C1CCCC1. The molecule has 0 saturated heterocycles. The number of rotatable bonds is 7. The zero-order chi connectivity index (χ0) is 22.0. The fraction of sp³-hybridized carbons (Fsp3) is 0.440. The highest BCUT2D eigenvalue weighted by molar-refractivity contribution is 6.30. The van der Waals surface area contributed by atoms with Crippen LogP contribution in [0.15, 0.2) is 42.5 Å². The van der Waals surface area contributed by atoms with Crippen molar-refractivity contribution in [3.63, 3.8) is 0 Å². The molecule has 2 aliphatic rings. The Morgan fingerprint density at radius 1 is 1.13 bits per heavy atom. The molecule has 2 aromatic carbocycles. The molecule has 0 radical (unpaired) electrons. The molecule has 1 amide bonds. The van der Waals surface area contributed by atoms with Crippen LogP contribution in [-0.2, 0) is 16.0 Å². The zero-order valence-electron chi connectivity index (χ0n) is 17.4. The third-order valence-corrected chi connectivity index (χ3v) is 7.19. The first-order valence-electron chi connectivity index (χ1n) is 11.0. The zero-order valence-corrected chi connectivity index (χ0v) is 18.1. The van der Waals surface area contributed by atoms with E-state index in [1.54, 1.807) is 18.2 Å². The third-order valence-electron chi connectivity index (χ3n) is 6.95. The van der Waals surface area contributed by atoms with Crippen molar-refractivity contribution in [1.29, 1.82) is 0 Å². The molecule has 0 aromatic heterocycles. The third kappa shape index (κ3) is 4.62. The van der Waals surface area contributed by atoms with Gasteiger partial charge in [0.05, 0.1) is 11.3 Å². The van der Waals surface area contributed by atoms with Gasteiger partial charge in [-0.3, -0.25) is 9.59 Å². The molecule has 4 nitrogen and oxygen atoms in total. The van der Waals surface area contributed by atoms with Gasteiger partial charge in [-0.15, -0.1) is 0 Å². The lowest BCUT2D eigenvalue weighted by Gasteiger charge is -2.37. The maximum absolute atomic E-state index is 14.7. The van der Waals surface area contributed by atoms with Gasteiger partial charge < -0.3 is 10.4 Å². The first-order chi connectivity index (χ1) is 14.9. The predicted molar refractivity (Wildman–Crippen MR) is 119 cm³/mol. The maximum atomic E-state index is 14.7. The molecule has 6 heteroatoms. The minimum Gasteiger partial charge on any atom is -0.481 e. The minimum absolute atomic E-state index is 0.0871. The monoisotopic (exact) mass is 443 g/mol. The molecule has 0 spiro atoms.